The van der Waals surface area contributed by atoms with E-state index in [9.17, 15) is 0 Å². The van der Waals surface area contributed by atoms with E-state index in [0.717, 1.165) is 11.3 Å². The third-order valence-electron chi connectivity index (χ3n) is 2.16. The molecule has 0 saturated carbocycles. The van der Waals surface area contributed by atoms with Crippen molar-refractivity contribution in [2.24, 2.45) is 0 Å². The quantitative estimate of drug-likeness (QED) is 0.560. The van der Waals surface area contributed by atoms with Gasteiger partial charge in [0.1, 0.15) is 5.75 Å². The second-order valence-corrected chi connectivity index (χ2v) is 3.41. The summed E-state index contributed by atoms with van der Waals surface area (Å²) in [7, 11) is 0.277. The van der Waals surface area contributed by atoms with Crippen LogP contribution in [-0.4, -0.2) is 7.69 Å². The fourth-order valence-corrected chi connectivity index (χ4v) is 1.36. The molecule has 0 aliphatic rings. The molecule has 3 heteroatoms. The molecule has 0 atom stereocenters. The minimum atomic E-state index is 0.277. The highest BCUT2D eigenvalue weighted by Crippen LogP contribution is 2.07. The number of benzene rings is 2. The first-order valence-corrected chi connectivity index (χ1v) is 5.25. The number of hydrogen-bond acceptors (Lipinski definition) is 2. The lowest BCUT2D eigenvalue weighted by atomic mass is 10.2. The molecule has 0 amide bonds. The van der Waals surface area contributed by atoms with E-state index in [1.807, 2.05) is 60.7 Å². The molecule has 2 aromatic carbocycles. The van der Waals surface area contributed by atoms with E-state index in [4.69, 9.17) is 9.31 Å². The van der Waals surface area contributed by atoms with Crippen LogP contribution in [0.25, 0.3) is 0 Å². The fourth-order valence-electron chi connectivity index (χ4n) is 1.36. The molecule has 0 bridgehead atoms. The van der Waals surface area contributed by atoms with Crippen LogP contribution in [0.5, 0.6) is 5.75 Å². The number of para-hydroxylation sites is 1. The minimum Gasteiger partial charge on any atom is -0.539 e. The van der Waals surface area contributed by atoms with Crippen LogP contribution in [0.4, 0.5) is 0 Å². The van der Waals surface area contributed by atoms with Gasteiger partial charge in [-0.05, 0) is 17.7 Å². The lowest BCUT2D eigenvalue weighted by Gasteiger charge is -2.05. The van der Waals surface area contributed by atoms with Crippen molar-refractivity contribution >= 4 is 7.69 Å². The molecule has 80 valence electrons. The molecule has 0 aromatic heterocycles. The van der Waals surface area contributed by atoms with Crippen LogP contribution in [-0.2, 0) is 11.3 Å². The first kappa shape index (κ1) is 10.8. The zero-order valence-electron chi connectivity index (χ0n) is 9.00. The van der Waals surface area contributed by atoms with E-state index in [2.05, 4.69) is 0 Å². The van der Waals surface area contributed by atoms with Crippen LogP contribution in [0.15, 0.2) is 60.7 Å². The van der Waals surface area contributed by atoms with Crippen molar-refractivity contribution in [3.05, 3.63) is 66.2 Å². The van der Waals surface area contributed by atoms with Crippen molar-refractivity contribution in [1.29, 1.82) is 0 Å². The van der Waals surface area contributed by atoms with Gasteiger partial charge in [0.25, 0.3) is 0 Å². The average Bonchev–Trinajstić information content (AvgIpc) is 2.37. The van der Waals surface area contributed by atoms with E-state index in [1.165, 1.54) is 0 Å². The van der Waals surface area contributed by atoms with E-state index in [0.29, 0.717) is 6.61 Å². The Balaban J connectivity index is 1.70. The first-order chi connectivity index (χ1) is 7.95. The van der Waals surface area contributed by atoms with Gasteiger partial charge in [-0.3, -0.25) is 0 Å². The molecule has 16 heavy (non-hydrogen) atoms. The number of hydrogen-bond donors (Lipinski definition) is 0. The Kier molecular flexibility index (Phi) is 4.03. The molecule has 0 N–H and O–H groups in total. The van der Waals surface area contributed by atoms with Crippen molar-refractivity contribution in [2.45, 2.75) is 6.61 Å². The third kappa shape index (κ3) is 3.44. The molecule has 0 heterocycles. The second kappa shape index (κ2) is 5.98. The molecular formula is C13H13BO2. The van der Waals surface area contributed by atoms with Gasteiger partial charge in [0, 0.05) is 0 Å². The maximum absolute atomic E-state index is 5.41. The second-order valence-electron chi connectivity index (χ2n) is 3.41. The van der Waals surface area contributed by atoms with E-state index in [-0.39, 0.29) is 7.69 Å². The molecule has 0 spiro atoms. The van der Waals surface area contributed by atoms with Crippen molar-refractivity contribution in [1.82, 2.24) is 0 Å². The van der Waals surface area contributed by atoms with Gasteiger partial charge < -0.3 is 9.31 Å². The lowest BCUT2D eigenvalue weighted by molar-refractivity contribution is 0.278. The van der Waals surface area contributed by atoms with E-state index < -0.39 is 0 Å². The highest BCUT2D eigenvalue weighted by atomic mass is 16.6. The zero-order chi connectivity index (χ0) is 11.1. The summed E-state index contributed by atoms with van der Waals surface area (Å²) in [5.41, 5.74) is 1.15. The molecule has 2 nitrogen and oxygen atoms in total. The molecule has 0 radical (unpaired) electrons. The first-order valence-electron chi connectivity index (χ1n) is 5.25. The summed E-state index contributed by atoms with van der Waals surface area (Å²) in [4.78, 5) is 0. The van der Waals surface area contributed by atoms with Crippen LogP contribution >= 0.6 is 0 Å². The van der Waals surface area contributed by atoms with E-state index in [1.54, 1.807) is 0 Å². The normalized spacial score (nSPS) is 9.75. The Bertz CT molecular complexity index is 361. The summed E-state index contributed by atoms with van der Waals surface area (Å²) in [5, 5.41) is 0. The molecule has 0 aliphatic heterocycles. The highest BCUT2D eigenvalue weighted by molar-refractivity contribution is 6.19. The summed E-state index contributed by atoms with van der Waals surface area (Å²) < 4.78 is 10.8. The molecule has 0 aliphatic carbocycles. The zero-order valence-corrected chi connectivity index (χ0v) is 9.00. The van der Waals surface area contributed by atoms with Gasteiger partial charge >= 0.3 is 7.69 Å². The summed E-state index contributed by atoms with van der Waals surface area (Å²) in [5.74, 6) is 0.829. The van der Waals surface area contributed by atoms with Gasteiger partial charge in [0.15, 0.2) is 0 Å². The average molecular weight is 212 g/mol. The maximum atomic E-state index is 5.41. The topological polar surface area (TPSA) is 18.5 Å². The Morgan fingerprint density at radius 1 is 0.812 bits per heavy atom. The smallest absolute Gasteiger partial charge is 0.507 e. The monoisotopic (exact) mass is 212 g/mol. The predicted octanol–water partition coefficient (Wildman–Crippen LogP) is 2.55. The van der Waals surface area contributed by atoms with Gasteiger partial charge in [0.2, 0.25) is 0 Å². The van der Waals surface area contributed by atoms with Crippen molar-refractivity contribution in [2.75, 3.05) is 0 Å². The largest absolute Gasteiger partial charge is 0.539 e. The van der Waals surface area contributed by atoms with E-state index >= 15 is 0 Å². The van der Waals surface area contributed by atoms with Gasteiger partial charge in [-0.1, -0.05) is 48.5 Å². The Morgan fingerprint density at radius 2 is 1.44 bits per heavy atom. The highest BCUT2D eigenvalue weighted by Gasteiger charge is 1.96. The Labute approximate surface area is 96.1 Å². The summed E-state index contributed by atoms with van der Waals surface area (Å²) >= 11 is 0. The lowest BCUT2D eigenvalue weighted by Crippen LogP contribution is -2.07. The fraction of sp³-hybridized carbons (Fsp3) is 0.0769. The van der Waals surface area contributed by atoms with Crippen molar-refractivity contribution in [3.63, 3.8) is 0 Å². The molecule has 0 unspecified atom stereocenters. The van der Waals surface area contributed by atoms with Gasteiger partial charge in [0.05, 0.1) is 6.61 Å². The van der Waals surface area contributed by atoms with Gasteiger partial charge in [-0.15, -0.1) is 0 Å². The van der Waals surface area contributed by atoms with Crippen LogP contribution in [0.2, 0.25) is 0 Å². The Morgan fingerprint density at radius 3 is 2.12 bits per heavy atom. The predicted molar refractivity (Wildman–Crippen MR) is 65.5 cm³/mol. The minimum absolute atomic E-state index is 0.277. The van der Waals surface area contributed by atoms with Crippen LogP contribution in [0.1, 0.15) is 5.56 Å². The molecular weight excluding hydrogens is 199 g/mol. The van der Waals surface area contributed by atoms with Crippen LogP contribution in [0.3, 0.4) is 0 Å². The molecule has 0 fully saturated rings. The summed E-state index contributed by atoms with van der Waals surface area (Å²) in [6.07, 6.45) is 0. The van der Waals surface area contributed by atoms with Crippen LogP contribution in [0, 0.1) is 0 Å². The van der Waals surface area contributed by atoms with Crippen molar-refractivity contribution in [3.8, 4) is 5.75 Å². The molecule has 2 rings (SSSR count). The number of rotatable bonds is 5. The van der Waals surface area contributed by atoms with Crippen LogP contribution < -0.4 is 4.65 Å². The SMILES string of the molecule is B(OCc1ccccc1)Oc1ccccc1. The Hall–Kier alpha value is -1.74. The molecule has 0 saturated heterocycles. The standard InChI is InChI=1S/C13H13BO2/c1-3-7-12(8-4-1)11-15-14-16-13-9-5-2-6-10-13/h1-10,14H,11H2. The third-order valence-corrected chi connectivity index (χ3v) is 2.16. The van der Waals surface area contributed by atoms with Gasteiger partial charge in [-0.25, -0.2) is 0 Å². The summed E-state index contributed by atoms with van der Waals surface area (Å²) in [6.45, 7) is 0.577. The maximum Gasteiger partial charge on any atom is 0.507 e. The summed E-state index contributed by atoms with van der Waals surface area (Å²) in [6, 6.07) is 19.7. The molecule has 2 aromatic rings. The van der Waals surface area contributed by atoms with Crippen molar-refractivity contribution < 1.29 is 9.31 Å². The van der Waals surface area contributed by atoms with Gasteiger partial charge in [-0.2, -0.15) is 0 Å².